The van der Waals surface area contributed by atoms with E-state index in [1.54, 1.807) is 24.1 Å². The van der Waals surface area contributed by atoms with E-state index in [1.165, 1.54) is 25.0 Å². The summed E-state index contributed by atoms with van der Waals surface area (Å²) in [6, 6.07) is 6.41. The summed E-state index contributed by atoms with van der Waals surface area (Å²) in [4.78, 5) is 14.1. The third-order valence-electron chi connectivity index (χ3n) is 4.53. The third kappa shape index (κ3) is 4.03. The highest BCUT2D eigenvalue weighted by Gasteiger charge is 2.32. The predicted octanol–water partition coefficient (Wildman–Crippen LogP) is 2.39. The zero-order chi connectivity index (χ0) is 16.6. The first-order chi connectivity index (χ1) is 10.9. The second-order valence-electron chi connectivity index (χ2n) is 6.54. The van der Waals surface area contributed by atoms with Crippen LogP contribution >= 0.6 is 0 Å². The Kier molecular flexibility index (Phi) is 4.33. The van der Waals surface area contributed by atoms with Crippen LogP contribution in [0.4, 0.5) is 10.5 Å². The van der Waals surface area contributed by atoms with Crippen LogP contribution in [-0.2, 0) is 10.0 Å². The fraction of sp³-hybridized carbons (Fsp3) is 0.562. The maximum Gasteiger partial charge on any atom is 0.321 e. The fourth-order valence-electron chi connectivity index (χ4n) is 2.52. The SMILES string of the molecule is CC(C1CC1)N(C)C(=O)Nc1cccc(S(=O)(=O)NC2CC2)c1. The van der Waals surface area contributed by atoms with E-state index in [0.717, 1.165) is 12.8 Å². The number of nitrogens with zero attached hydrogens (tertiary/aromatic N) is 1. The minimum absolute atomic E-state index is 0.0590. The first kappa shape index (κ1) is 16.3. The van der Waals surface area contributed by atoms with E-state index in [-0.39, 0.29) is 23.0 Å². The number of carbonyl (C=O) groups excluding carboxylic acids is 1. The van der Waals surface area contributed by atoms with Gasteiger partial charge >= 0.3 is 6.03 Å². The van der Waals surface area contributed by atoms with Crippen molar-refractivity contribution in [2.45, 2.75) is 49.6 Å². The first-order valence-electron chi connectivity index (χ1n) is 8.03. The van der Waals surface area contributed by atoms with Crippen molar-refractivity contribution in [2.24, 2.45) is 5.92 Å². The van der Waals surface area contributed by atoms with Gasteiger partial charge in [0.1, 0.15) is 0 Å². The van der Waals surface area contributed by atoms with Gasteiger partial charge in [-0.25, -0.2) is 17.9 Å². The molecule has 6 nitrogen and oxygen atoms in total. The van der Waals surface area contributed by atoms with Crippen molar-refractivity contribution in [3.8, 4) is 0 Å². The van der Waals surface area contributed by atoms with Gasteiger partial charge in [-0.15, -0.1) is 0 Å². The van der Waals surface area contributed by atoms with E-state index in [0.29, 0.717) is 11.6 Å². The van der Waals surface area contributed by atoms with Gasteiger partial charge in [0.2, 0.25) is 10.0 Å². The predicted molar refractivity (Wildman–Crippen MR) is 88.8 cm³/mol. The van der Waals surface area contributed by atoms with E-state index >= 15 is 0 Å². The number of hydrogen-bond acceptors (Lipinski definition) is 3. The molecule has 0 heterocycles. The number of urea groups is 1. The molecule has 2 fully saturated rings. The van der Waals surface area contributed by atoms with Gasteiger partial charge in [0.05, 0.1) is 4.90 Å². The first-order valence-corrected chi connectivity index (χ1v) is 9.51. The molecule has 23 heavy (non-hydrogen) atoms. The summed E-state index contributed by atoms with van der Waals surface area (Å²) in [5.41, 5.74) is 0.489. The van der Waals surface area contributed by atoms with Gasteiger partial charge in [-0.05, 0) is 56.7 Å². The van der Waals surface area contributed by atoms with Crippen LogP contribution in [0, 0.1) is 5.92 Å². The highest BCUT2D eigenvalue weighted by atomic mass is 32.2. The van der Waals surface area contributed by atoms with E-state index < -0.39 is 10.0 Å². The largest absolute Gasteiger partial charge is 0.325 e. The molecule has 2 aliphatic carbocycles. The molecule has 0 aliphatic heterocycles. The molecule has 2 amide bonds. The lowest BCUT2D eigenvalue weighted by Gasteiger charge is -2.25. The number of nitrogens with one attached hydrogen (secondary N) is 2. The summed E-state index contributed by atoms with van der Waals surface area (Å²) in [5.74, 6) is 0.584. The molecular weight excluding hydrogens is 314 g/mol. The molecular formula is C16H23N3O3S. The van der Waals surface area contributed by atoms with Gasteiger partial charge in [0.15, 0.2) is 0 Å². The summed E-state index contributed by atoms with van der Waals surface area (Å²) in [6.07, 6.45) is 4.11. The summed E-state index contributed by atoms with van der Waals surface area (Å²) in [6.45, 7) is 2.04. The number of rotatable bonds is 6. The van der Waals surface area contributed by atoms with Crippen molar-refractivity contribution in [1.82, 2.24) is 9.62 Å². The van der Waals surface area contributed by atoms with E-state index in [2.05, 4.69) is 10.0 Å². The lowest BCUT2D eigenvalue weighted by molar-refractivity contribution is 0.201. The Morgan fingerprint density at radius 1 is 1.26 bits per heavy atom. The second kappa shape index (κ2) is 6.13. The number of sulfonamides is 1. The topological polar surface area (TPSA) is 78.5 Å². The van der Waals surface area contributed by atoms with Crippen molar-refractivity contribution in [3.05, 3.63) is 24.3 Å². The van der Waals surface area contributed by atoms with Crippen molar-refractivity contribution in [1.29, 1.82) is 0 Å². The minimum atomic E-state index is -3.51. The molecule has 1 aromatic carbocycles. The highest BCUT2D eigenvalue weighted by Crippen LogP contribution is 2.34. The van der Waals surface area contributed by atoms with Crippen molar-refractivity contribution in [2.75, 3.05) is 12.4 Å². The zero-order valence-electron chi connectivity index (χ0n) is 13.5. The lowest BCUT2D eigenvalue weighted by Crippen LogP contribution is -2.39. The molecule has 7 heteroatoms. The Bertz CT molecular complexity index is 696. The molecule has 0 spiro atoms. The minimum Gasteiger partial charge on any atom is -0.325 e. The third-order valence-corrected chi connectivity index (χ3v) is 6.05. The summed E-state index contributed by atoms with van der Waals surface area (Å²) >= 11 is 0. The molecule has 3 rings (SSSR count). The standard InChI is InChI=1S/C16H23N3O3S/c1-11(12-6-7-12)19(2)16(20)17-14-4-3-5-15(10-14)23(21,22)18-13-8-9-13/h3-5,10-13,18H,6-9H2,1-2H3,(H,17,20). The van der Waals surface area contributed by atoms with Crippen LogP contribution in [0.3, 0.4) is 0 Å². The number of carbonyl (C=O) groups is 1. The normalized spacial score (nSPS) is 19.2. The maximum atomic E-state index is 12.3. The quantitative estimate of drug-likeness (QED) is 0.836. The van der Waals surface area contributed by atoms with Crippen LogP contribution < -0.4 is 10.0 Å². The smallest absolute Gasteiger partial charge is 0.321 e. The lowest BCUT2D eigenvalue weighted by atomic mass is 10.2. The number of amides is 2. The van der Waals surface area contributed by atoms with Gasteiger partial charge in [-0.3, -0.25) is 0 Å². The monoisotopic (exact) mass is 337 g/mol. The molecule has 2 saturated carbocycles. The average Bonchev–Trinajstić information content (AvgIpc) is 3.39. The molecule has 2 aliphatic rings. The van der Waals surface area contributed by atoms with Crippen molar-refractivity contribution in [3.63, 3.8) is 0 Å². The zero-order valence-corrected chi connectivity index (χ0v) is 14.3. The fourth-order valence-corrected chi connectivity index (χ4v) is 3.87. The molecule has 0 saturated heterocycles. The van der Waals surface area contributed by atoms with E-state index in [9.17, 15) is 13.2 Å². The Morgan fingerprint density at radius 2 is 1.96 bits per heavy atom. The molecule has 1 atom stereocenters. The van der Waals surface area contributed by atoms with Gasteiger partial charge in [-0.2, -0.15) is 0 Å². The molecule has 126 valence electrons. The Labute approximate surface area is 137 Å². The molecule has 0 bridgehead atoms. The van der Waals surface area contributed by atoms with Crippen LogP contribution in [0.1, 0.15) is 32.6 Å². The van der Waals surface area contributed by atoms with Gasteiger partial charge in [0.25, 0.3) is 0 Å². The highest BCUT2D eigenvalue weighted by molar-refractivity contribution is 7.89. The number of anilines is 1. The molecule has 0 aromatic heterocycles. The van der Waals surface area contributed by atoms with Crippen LogP contribution in [0.5, 0.6) is 0 Å². The second-order valence-corrected chi connectivity index (χ2v) is 8.26. The molecule has 2 N–H and O–H groups in total. The summed E-state index contributed by atoms with van der Waals surface area (Å²) in [5, 5.41) is 2.78. The van der Waals surface area contributed by atoms with Crippen LogP contribution in [0.25, 0.3) is 0 Å². The van der Waals surface area contributed by atoms with Crippen molar-refractivity contribution < 1.29 is 13.2 Å². The Balaban J connectivity index is 1.68. The van der Waals surface area contributed by atoms with E-state index in [4.69, 9.17) is 0 Å². The Hall–Kier alpha value is -1.60. The Morgan fingerprint density at radius 3 is 2.57 bits per heavy atom. The number of hydrogen-bond donors (Lipinski definition) is 2. The van der Waals surface area contributed by atoms with Crippen molar-refractivity contribution >= 4 is 21.7 Å². The van der Waals surface area contributed by atoms with Gasteiger partial charge in [-0.1, -0.05) is 6.07 Å². The molecule has 1 aromatic rings. The van der Waals surface area contributed by atoms with Gasteiger partial charge in [0, 0.05) is 24.8 Å². The van der Waals surface area contributed by atoms with Crippen LogP contribution in [0.2, 0.25) is 0 Å². The van der Waals surface area contributed by atoms with E-state index in [1.807, 2.05) is 6.92 Å². The summed E-state index contributed by atoms with van der Waals surface area (Å²) < 4.78 is 27.1. The average molecular weight is 337 g/mol. The summed E-state index contributed by atoms with van der Waals surface area (Å²) in [7, 11) is -1.74. The van der Waals surface area contributed by atoms with Crippen LogP contribution in [0.15, 0.2) is 29.2 Å². The molecule has 0 radical (unpaired) electrons. The van der Waals surface area contributed by atoms with Gasteiger partial charge < -0.3 is 10.2 Å². The number of benzene rings is 1. The van der Waals surface area contributed by atoms with Crippen LogP contribution in [-0.4, -0.2) is 38.5 Å². The molecule has 1 unspecified atom stereocenters. The maximum absolute atomic E-state index is 12.3.